The van der Waals surface area contributed by atoms with Crippen molar-refractivity contribution in [1.29, 1.82) is 0 Å². The second-order valence-corrected chi connectivity index (χ2v) is 5.47. The van der Waals surface area contributed by atoms with Gasteiger partial charge in [0.05, 0.1) is 18.3 Å². The van der Waals surface area contributed by atoms with Gasteiger partial charge in [-0.25, -0.2) is 4.68 Å². The van der Waals surface area contributed by atoms with E-state index in [0.717, 1.165) is 37.6 Å². The van der Waals surface area contributed by atoms with Crippen LogP contribution in [0.2, 0.25) is 0 Å². The highest BCUT2D eigenvalue weighted by molar-refractivity contribution is 5.18. The van der Waals surface area contributed by atoms with Gasteiger partial charge in [-0.05, 0) is 19.5 Å². The van der Waals surface area contributed by atoms with Gasteiger partial charge in [0.1, 0.15) is 5.69 Å². The molecule has 20 heavy (non-hydrogen) atoms. The van der Waals surface area contributed by atoms with Crippen LogP contribution in [-0.4, -0.2) is 46.6 Å². The summed E-state index contributed by atoms with van der Waals surface area (Å²) in [7, 11) is 2.15. The first-order valence-electron chi connectivity index (χ1n) is 7.10. The first kappa shape index (κ1) is 13.3. The molecule has 106 valence electrons. The van der Waals surface area contributed by atoms with Crippen LogP contribution in [0.5, 0.6) is 0 Å². The van der Waals surface area contributed by atoms with Crippen molar-refractivity contribution in [3.05, 3.63) is 47.3 Å². The van der Waals surface area contributed by atoms with Gasteiger partial charge in [-0.2, -0.15) is 0 Å². The van der Waals surface area contributed by atoms with Crippen molar-refractivity contribution in [2.24, 2.45) is 0 Å². The largest absolute Gasteiger partial charge is 0.306 e. The molecule has 2 heterocycles. The van der Waals surface area contributed by atoms with Crippen molar-refractivity contribution in [2.75, 3.05) is 26.7 Å². The number of nitrogens with one attached hydrogen (secondary N) is 1. The van der Waals surface area contributed by atoms with Gasteiger partial charge >= 0.3 is 0 Å². The van der Waals surface area contributed by atoms with E-state index in [1.807, 2.05) is 10.7 Å². The zero-order valence-electron chi connectivity index (χ0n) is 12.1. The minimum absolute atomic E-state index is 0.290. The number of aromatic nitrogens is 3. The van der Waals surface area contributed by atoms with Gasteiger partial charge in [0.15, 0.2) is 0 Å². The predicted octanol–water partition coefficient (Wildman–Crippen LogP) is 1.21. The summed E-state index contributed by atoms with van der Waals surface area (Å²) in [6.45, 7) is 5.97. The van der Waals surface area contributed by atoms with Gasteiger partial charge in [-0.3, -0.25) is 0 Å². The van der Waals surface area contributed by atoms with Crippen molar-refractivity contribution in [3.63, 3.8) is 0 Å². The molecule has 1 N–H and O–H groups in total. The second kappa shape index (κ2) is 5.73. The number of nitrogens with zero attached hydrogens (tertiary/aromatic N) is 4. The molecule has 1 saturated heterocycles. The summed E-state index contributed by atoms with van der Waals surface area (Å²) in [5.41, 5.74) is 3.48. The Balaban J connectivity index is 1.78. The van der Waals surface area contributed by atoms with Gasteiger partial charge in [0, 0.05) is 19.6 Å². The zero-order valence-corrected chi connectivity index (χ0v) is 12.1. The second-order valence-electron chi connectivity index (χ2n) is 5.47. The van der Waals surface area contributed by atoms with Gasteiger partial charge in [0.25, 0.3) is 0 Å². The topological polar surface area (TPSA) is 46.0 Å². The van der Waals surface area contributed by atoms with Crippen LogP contribution in [0.25, 0.3) is 0 Å². The molecule has 1 aliphatic heterocycles. The van der Waals surface area contributed by atoms with Crippen LogP contribution in [-0.2, 0) is 6.54 Å². The van der Waals surface area contributed by atoms with Crippen molar-refractivity contribution in [3.8, 4) is 0 Å². The van der Waals surface area contributed by atoms with E-state index >= 15 is 0 Å². The number of likely N-dealkylation sites (N-methyl/N-ethyl adjacent to an activating group) is 1. The van der Waals surface area contributed by atoms with E-state index in [1.54, 1.807) is 0 Å². The molecule has 0 radical (unpaired) electrons. The van der Waals surface area contributed by atoms with E-state index in [-0.39, 0.29) is 0 Å². The van der Waals surface area contributed by atoms with E-state index in [4.69, 9.17) is 0 Å². The minimum atomic E-state index is 0.290. The third-order valence-corrected chi connectivity index (χ3v) is 3.90. The molecule has 3 rings (SSSR count). The molecule has 1 atom stereocenters. The van der Waals surface area contributed by atoms with Gasteiger partial charge < -0.3 is 10.2 Å². The number of hydrogen-bond donors (Lipinski definition) is 1. The van der Waals surface area contributed by atoms with E-state index in [9.17, 15) is 0 Å². The number of benzene rings is 1. The fourth-order valence-electron chi connectivity index (χ4n) is 2.68. The van der Waals surface area contributed by atoms with Crippen LogP contribution in [0.4, 0.5) is 0 Å². The fourth-order valence-corrected chi connectivity index (χ4v) is 2.68. The molecule has 1 fully saturated rings. The van der Waals surface area contributed by atoms with E-state index in [2.05, 4.69) is 58.8 Å². The van der Waals surface area contributed by atoms with Gasteiger partial charge in [-0.15, -0.1) is 5.10 Å². The standard InChI is InChI=1S/C15H21N5/c1-12-15(14-11-19(2)9-8-16-14)17-18-20(12)10-13-6-4-3-5-7-13/h3-7,14,16H,8-11H2,1-2H3. The van der Waals surface area contributed by atoms with Crippen molar-refractivity contribution < 1.29 is 0 Å². The first-order chi connectivity index (χ1) is 9.74. The molecule has 0 amide bonds. The van der Waals surface area contributed by atoms with Gasteiger partial charge in [0.2, 0.25) is 0 Å². The Morgan fingerprint density at radius 3 is 2.85 bits per heavy atom. The van der Waals surface area contributed by atoms with E-state index in [1.165, 1.54) is 5.56 Å². The molecule has 0 aliphatic carbocycles. The van der Waals surface area contributed by atoms with Crippen LogP contribution >= 0.6 is 0 Å². The lowest BCUT2D eigenvalue weighted by Gasteiger charge is -2.30. The normalized spacial score (nSPS) is 20.2. The molecule has 1 aromatic heterocycles. The molecular weight excluding hydrogens is 250 g/mol. The highest BCUT2D eigenvalue weighted by Gasteiger charge is 2.23. The Kier molecular flexibility index (Phi) is 3.80. The molecular formula is C15H21N5. The summed E-state index contributed by atoms with van der Waals surface area (Å²) in [4.78, 5) is 2.33. The molecule has 5 nitrogen and oxygen atoms in total. The summed E-state index contributed by atoms with van der Waals surface area (Å²) in [6, 6.07) is 10.7. The van der Waals surface area contributed by atoms with E-state index in [0.29, 0.717) is 6.04 Å². The Morgan fingerprint density at radius 1 is 1.30 bits per heavy atom. The lowest BCUT2D eigenvalue weighted by Crippen LogP contribution is -2.44. The van der Waals surface area contributed by atoms with Crippen molar-refractivity contribution in [2.45, 2.75) is 19.5 Å². The van der Waals surface area contributed by atoms with Crippen LogP contribution in [0.3, 0.4) is 0 Å². The molecule has 2 aromatic rings. The molecule has 0 saturated carbocycles. The number of piperazine rings is 1. The van der Waals surface area contributed by atoms with Crippen LogP contribution in [0.15, 0.2) is 30.3 Å². The highest BCUT2D eigenvalue weighted by Crippen LogP contribution is 2.18. The summed E-state index contributed by atoms with van der Waals surface area (Å²) in [5, 5.41) is 12.2. The monoisotopic (exact) mass is 271 g/mol. The summed E-state index contributed by atoms with van der Waals surface area (Å²) >= 11 is 0. The quantitative estimate of drug-likeness (QED) is 0.911. The third kappa shape index (κ3) is 2.73. The molecule has 0 bridgehead atoms. The molecule has 5 heteroatoms. The van der Waals surface area contributed by atoms with Crippen molar-refractivity contribution >= 4 is 0 Å². The number of hydrogen-bond acceptors (Lipinski definition) is 4. The van der Waals surface area contributed by atoms with E-state index < -0.39 is 0 Å². The third-order valence-electron chi connectivity index (χ3n) is 3.90. The fraction of sp³-hybridized carbons (Fsp3) is 0.467. The lowest BCUT2D eigenvalue weighted by molar-refractivity contribution is 0.237. The first-order valence-corrected chi connectivity index (χ1v) is 7.10. The Hall–Kier alpha value is -1.72. The SMILES string of the molecule is Cc1c(C2CN(C)CCN2)nnn1Cc1ccccc1. The van der Waals surface area contributed by atoms with Crippen molar-refractivity contribution in [1.82, 2.24) is 25.2 Å². The van der Waals surface area contributed by atoms with Crippen LogP contribution in [0, 0.1) is 6.92 Å². The Bertz CT molecular complexity index is 563. The number of rotatable bonds is 3. The molecule has 1 aliphatic rings. The summed E-state index contributed by atoms with van der Waals surface area (Å²) in [6.07, 6.45) is 0. The predicted molar refractivity (Wildman–Crippen MR) is 78.5 cm³/mol. The highest BCUT2D eigenvalue weighted by atomic mass is 15.4. The maximum atomic E-state index is 4.39. The maximum absolute atomic E-state index is 4.39. The Morgan fingerprint density at radius 2 is 2.10 bits per heavy atom. The maximum Gasteiger partial charge on any atom is 0.104 e. The van der Waals surface area contributed by atoms with Crippen LogP contribution in [0.1, 0.15) is 23.0 Å². The summed E-state index contributed by atoms with van der Waals surface area (Å²) < 4.78 is 1.99. The average molecular weight is 271 g/mol. The average Bonchev–Trinajstić information content (AvgIpc) is 2.81. The Labute approximate surface area is 119 Å². The summed E-state index contributed by atoms with van der Waals surface area (Å²) in [5.74, 6) is 0. The zero-order chi connectivity index (χ0) is 13.9. The smallest absolute Gasteiger partial charge is 0.104 e. The lowest BCUT2D eigenvalue weighted by atomic mass is 10.1. The van der Waals surface area contributed by atoms with Crippen LogP contribution < -0.4 is 5.32 Å². The molecule has 0 spiro atoms. The molecule has 1 unspecified atom stereocenters. The molecule has 1 aromatic carbocycles. The van der Waals surface area contributed by atoms with Gasteiger partial charge in [-0.1, -0.05) is 35.5 Å². The minimum Gasteiger partial charge on any atom is -0.306 e.